The second kappa shape index (κ2) is 10.0. The van der Waals surface area contributed by atoms with Gasteiger partial charge in [-0.2, -0.15) is 0 Å². The van der Waals surface area contributed by atoms with E-state index in [4.69, 9.17) is 9.72 Å². The van der Waals surface area contributed by atoms with Gasteiger partial charge in [-0.1, -0.05) is 31.5 Å². The Morgan fingerprint density at radius 2 is 1.81 bits per heavy atom. The third-order valence-corrected chi connectivity index (χ3v) is 7.22. The maximum absolute atomic E-state index is 10.3. The highest BCUT2D eigenvalue weighted by Crippen LogP contribution is 2.44. The lowest BCUT2D eigenvalue weighted by atomic mass is 9.74. The van der Waals surface area contributed by atoms with Gasteiger partial charge in [0.05, 0.1) is 30.1 Å². The zero-order valence-electron chi connectivity index (χ0n) is 19.1. The summed E-state index contributed by atoms with van der Waals surface area (Å²) < 4.78 is 5.60. The highest BCUT2D eigenvalue weighted by atomic mass is 16.5. The molecule has 0 amide bonds. The number of aliphatic hydroxyl groups is 1. The first kappa shape index (κ1) is 22.1. The molecule has 1 saturated carbocycles. The molecule has 2 aromatic rings. The zero-order chi connectivity index (χ0) is 21.7. The van der Waals surface area contributed by atoms with Crippen molar-refractivity contribution in [2.24, 2.45) is 0 Å². The van der Waals surface area contributed by atoms with Crippen LogP contribution in [0.2, 0.25) is 0 Å². The minimum absolute atomic E-state index is 0.0591. The largest absolute Gasteiger partial charge is 0.495 e. The van der Waals surface area contributed by atoms with Gasteiger partial charge >= 0.3 is 0 Å². The summed E-state index contributed by atoms with van der Waals surface area (Å²) in [6.45, 7) is 6.19. The van der Waals surface area contributed by atoms with E-state index in [9.17, 15) is 5.11 Å². The molecule has 2 aliphatic rings. The topological polar surface area (TPSA) is 48.8 Å². The van der Waals surface area contributed by atoms with Crippen molar-refractivity contribution in [1.82, 2.24) is 9.88 Å². The number of nitrogens with zero attached hydrogens (tertiary/aromatic N) is 3. The van der Waals surface area contributed by atoms with Gasteiger partial charge in [-0.3, -0.25) is 9.88 Å². The number of ether oxygens (including phenoxy) is 1. The van der Waals surface area contributed by atoms with Crippen molar-refractivity contribution < 1.29 is 9.84 Å². The van der Waals surface area contributed by atoms with Gasteiger partial charge < -0.3 is 14.7 Å². The van der Waals surface area contributed by atoms with Crippen LogP contribution in [0.1, 0.15) is 56.7 Å². The number of methoxy groups -OCH3 is 1. The molecule has 1 aliphatic heterocycles. The lowest BCUT2D eigenvalue weighted by Crippen LogP contribution is -2.57. The molecular weight excluding hydrogens is 386 g/mol. The van der Waals surface area contributed by atoms with Crippen LogP contribution in [0, 0.1) is 0 Å². The average Bonchev–Trinajstić information content (AvgIpc) is 2.84. The van der Waals surface area contributed by atoms with Crippen LogP contribution in [0.3, 0.4) is 0 Å². The molecule has 1 saturated heterocycles. The fourth-order valence-electron chi connectivity index (χ4n) is 5.48. The molecule has 4 rings (SSSR count). The molecule has 1 aliphatic carbocycles. The maximum Gasteiger partial charge on any atom is 0.142 e. The summed E-state index contributed by atoms with van der Waals surface area (Å²) in [4.78, 5) is 10.1. The fourth-order valence-corrected chi connectivity index (χ4v) is 5.48. The quantitative estimate of drug-likeness (QED) is 0.716. The number of hydrogen-bond donors (Lipinski definition) is 1. The minimum atomic E-state index is -0.175. The highest BCUT2D eigenvalue weighted by Gasteiger charge is 2.44. The first-order valence-corrected chi connectivity index (χ1v) is 11.9. The molecule has 0 spiro atoms. The van der Waals surface area contributed by atoms with Gasteiger partial charge in [0, 0.05) is 32.4 Å². The van der Waals surface area contributed by atoms with Crippen LogP contribution in [0.4, 0.5) is 5.69 Å². The fraction of sp³-hybridized carbons (Fsp3) is 0.577. The molecule has 2 fully saturated rings. The standard InChI is InChI=1S/C26H37N3O2/c1-3-4-8-21-9-7-16-27-25(21)26(14-12-22(30)13-15-26)29-19-17-28(18-20-29)23-10-5-6-11-24(23)31-2/h5-7,9-11,16,22,30H,3-4,8,12-15,17-20H2,1-2H3. The van der Waals surface area contributed by atoms with Crippen LogP contribution in [0.15, 0.2) is 42.6 Å². The molecule has 1 N–H and O–H groups in total. The Labute approximate surface area is 187 Å². The molecule has 0 atom stereocenters. The Morgan fingerprint density at radius 3 is 2.52 bits per heavy atom. The van der Waals surface area contributed by atoms with Gasteiger partial charge in [-0.25, -0.2) is 0 Å². The van der Waals surface area contributed by atoms with Crippen molar-refractivity contribution in [3.8, 4) is 5.75 Å². The monoisotopic (exact) mass is 423 g/mol. The molecule has 5 heteroatoms. The Balaban J connectivity index is 1.59. The number of para-hydroxylation sites is 2. The molecule has 168 valence electrons. The number of unbranched alkanes of at least 4 members (excludes halogenated alkanes) is 1. The summed E-state index contributed by atoms with van der Waals surface area (Å²) in [5, 5.41) is 10.3. The van der Waals surface area contributed by atoms with Crippen LogP contribution in [-0.4, -0.2) is 54.4 Å². The number of anilines is 1. The van der Waals surface area contributed by atoms with Crippen LogP contribution in [0.5, 0.6) is 5.75 Å². The first-order valence-electron chi connectivity index (χ1n) is 11.9. The number of hydrogen-bond acceptors (Lipinski definition) is 5. The van der Waals surface area contributed by atoms with E-state index >= 15 is 0 Å². The number of pyridine rings is 1. The normalized spacial score (nSPS) is 24.9. The van der Waals surface area contributed by atoms with E-state index in [1.807, 2.05) is 18.3 Å². The van der Waals surface area contributed by atoms with Crippen molar-refractivity contribution in [1.29, 1.82) is 0 Å². The van der Waals surface area contributed by atoms with Gasteiger partial charge in [0.1, 0.15) is 5.75 Å². The number of benzene rings is 1. The van der Waals surface area contributed by atoms with Crippen LogP contribution >= 0.6 is 0 Å². The number of aryl methyl sites for hydroxylation is 1. The van der Waals surface area contributed by atoms with E-state index < -0.39 is 0 Å². The molecule has 2 heterocycles. The number of aromatic nitrogens is 1. The highest BCUT2D eigenvalue weighted by molar-refractivity contribution is 5.58. The SMILES string of the molecule is CCCCc1cccnc1C1(N2CCN(c3ccccc3OC)CC2)CCC(O)CC1. The summed E-state index contributed by atoms with van der Waals surface area (Å²) in [5.41, 5.74) is 3.78. The van der Waals surface area contributed by atoms with Gasteiger partial charge in [0.2, 0.25) is 0 Å². The molecule has 5 nitrogen and oxygen atoms in total. The molecule has 0 radical (unpaired) electrons. The predicted octanol–water partition coefficient (Wildman–Crippen LogP) is 4.39. The Hall–Kier alpha value is -2.11. The second-order valence-corrected chi connectivity index (χ2v) is 9.02. The van der Waals surface area contributed by atoms with Gasteiger partial charge in [-0.05, 0) is 62.3 Å². The summed E-state index contributed by atoms with van der Waals surface area (Å²) in [7, 11) is 1.75. The Morgan fingerprint density at radius 1 is 1.06 bits per heavy atom. The molecule has 1 aromatic carbocycles. The van der Waals surface area contributed by atoms with E-state index in [0.717, 1.165) is 64.0 Å². The molecule has 1 aromatic heterocycles. The van der Waals surface area contributed by atoms with Gasteiger partial charge in [0.15, 0.2) is 0 Å². The maximum atomic E-state index is 10.3. The molecular formula is C26H37N3O2. The lowest BCUT2D eigenvalue weighted by Gasteiger charge is -2.51. The van der Waals surface area contributed by atoms with Crippen molar-refractivity contribution in [2.75, 3.05) is 38.2 Å². The predicted molar refractivity (Wildman–Crippen MR) is 126 cm³/mol. The van der Waals surface area contributed by atoms with E-state index in [0.29, 0.717) is 0 Å². The molecule has 31 heavy (non-hydrogen) atoms. The van der Waals surface area contributed by atoms with Crippen LogP contribution < -0.4 is 9.64 Å². The summed E-state index contributed by atoms with van der Waals surface area (Å²) in [6.07, 6.45) is 8.95. The minimum Gasteiger partial charge on any atom is -0.495 e. The third-order valence-electron chi connectivity index (χ3n) is 7.22. The number of aliphatic hydroxyl groups excluding tert-OH is 1. The van der Waals surface area contributed by atoms with Crippen molar-refractivity contribution in [2.45, 2.75) is 63.5 Å². The summed E-state index contributed by atoms with van der Waals surface area (Å²) >= 11 is 0. The average molecular weight is 424 g/mol. The van der Waals surface area contributed by atoms with Gasteiger partial charge in [0.25, 0.3) is 0 Å². The van der Waals surface area contributed by atoms with Crippen molar-refractivity contribution >= 4 is 5.69 Å². The van der Waals surface area contributed by atoms with E-state index in [2.05, 4.69) is 41.0 Å². The molecule has 0 bridgehead atoms. The van der Waals surface area contributed by atoms with Gasteiger partial charge in [-0.15, -0.1) is 0 Å². The second-order valence-electron chi connectivity index (χ2n) is 9.02. The zero-order valence-corrected chi connectivity index (χ0v) is 19.1. The van der Waals surface area contributed by atoms with Crippen LogP contribution in [0.25, 0.3) is 0 Å². The number of rotatable bonds is 7. The molecule has 0 unspecified atom stereocenters. The Kier molecular flexibility index (Phi) is 7.13. The smallest absolute Gasteiger partial charge is 0.142 e. The number of piperazine rings is 1. The lowest BCUT2D eigenvalue weighted by molar-refractivity contribution is -0.00372. The van der Waals surface area contributed by atoms with Crippen LogP contribution in [-0.2, 0) is 12.0 Å². The van der Waals surface area contributed by atoms with E-state index in [1.54, 1.807) is 7.11 Å². The first-order chi connectivity index (χ1) is 15.2. The summed E-state index contributed by atoms with van der Waals surface area (Å²) in [5.74, 6) is 0.943. The third kappa shape index (κ3) is 4.58. The van der Waals surface area contributed by atoms with Crippen molar-refractivity contribution in [3.05, 3.63) is 53.9 Å². The summed E-state index contributed by atoms with van der Waals surface area (Å²) in [6, 6.07) is 12.7. The van der Waals surface area contributed by atoms with E-state index in [1.165, 1.54) is 29.8 Å². The Bertz CT molecular complexity index is 840. The van der Waals surface area contributed by atoms with E-state index in [-0.39, 0.29) is 11.6 Å². The van der Waals surface area contributed by atoms with Crippen molar-refractivity contribution in [3.63, 3.8) is 0 Å².